The van der Waals surface area contributed by atoms with E-state index in [0.717, 1.165) is 11.1 Å². The zero-order valence-electron chi connectivity index (χ0n) is 16.9. The van der Waals surface area contributed by atoms with Crippen molar-refractivity contribution < 1.29 is 31.8 Å². The number of nitrogens with zero attached hydrogens (tertiary/aromatic N) is 2. The van der Waals surface area contributed by atoms with Crippen LogP contribution in [0.2, 0.25) is 0 Å². The number of halogens is 4. The van der Waals surface area contributed by atoms with Gasteiger partial charge in [0.05, 0.1) is 26.0 Å². The Kier molecular flexibility index (Phi) is 6.16. The Morgan fingerprint density at radius 3 is 2.28 bits per heavy atom. The molecule has 1 saturated heterocycles. The third-order valence-corrected chi connectivity index (χ3v) is 6.17. The molecule has 168 valence electrons. The predicted molar refractivity (Wildman–Crippen MR) is 112 cm³/mol. The number of anilines is 1. The van der Waals surface area contributed by atoms with E-state index in [0.29, 0.717) is 23.4 Å². The van der Waals surface area contributed by atoms with Crippen LogP contribution in [0.3, 0.4) is 0 Å². The van der Waals surface area contributed by atoms with E-state index in [2.05, 4.69) is 9.72 Å². The van der Waals surface area contributed by atoms with Crippen molar-refractivity contribution >= 4 is 22.4 Å². The second-order valence-corrected chi connectivity index (χ2v) is 8.06. The standard InChI is InChI=1S/C22H18F4N2O3S/c1-30-20(29)17-12-28(10-11-31-17)21-27-18(19(32-21)22(24,25)26)15-4-2-13(3-5-15)14-6-8-16(23)9-7-14/h2-9,17H,10-12H2,1H3. The largest absolute Gasteiger partial charge is 0.467 e. The van der Waals surface area contributed by atoms with E-state index in [9.17, 15) is 22.4 Å². The van der Waals surface area contributed by atoms with Crippen molar-refractivity contribution in [1.29, 1.82) is 0 Å². The number of hydrogen-bond donors (Lipinski definition) is 0. The average Bonchev–Trinajstić information content (AvgIpc) is 3.26. The Balaban J connectivity index is 1.65. The summed E-state index contributed by atoms with van der Waals surface area (Å²) in [5.74, 6) is -0.952. The van der Waals surface area contributed by atoms with Crippen LogP contribution in [0, 0.1) is 5.82 Å². The van der Waals surface area contributed by atoms with Gasteiger partial charge in [-0.1, -0.05) is 47.7 Å². The van der Waals surface area contributed by atoms with Crippen LogP contribution in [0.15, 0.2) is 48.5 Å². The third-order valence-electron chi connectivity index (χ3n) is 5.01. The molecule has 2 aromatic carbocycles. The van der Waals surface area contributed by atoms with Gasteiger partial charge < -0.3 is 14.4 Å². The van der Waals surface area contributed by atoms with Gasteiger partial charge >= 0.3 is 12.1 Å². The molecule has 0 bridgehead atoms. The fourth-order valence-corrected chi connectivity index (χ4v) is 4.38. The van der Waals surface area contributed by atoms with Crippen LogP contribution in [0.5, 0.6) is 0 Å². The molecule has 1 unspecified atom stereocenters. The van der Waals surface area contributed by atoms with Gasteiger partial charge in [0, 0.05) is 12.1 Å². The summed E-state index contributed by atoms with van der Waals surface area (Å²) in [5.41, 5.74) is 1.62. The summed E-state index contributed by atoms with van der Waals surface area (Å²) in [6.45, 7) is 0.532. The highest BCUT2D eigenvalue weighted by Crippen LogP contribution is 2.44. The molecule has 3 aromatic rings. The molecule has 0 amide bonds. The lowest BCUT2D eigenvalue weighted by molar-refractivity contribution is -0.154. The number of ether oxygens (including phenoxy) is 2. The van der Waals surface area contributed by atoms with Gasteiger partial charge in [-0.05, 0) is 23.3 Å². The maximum atomic E-state index is 13.8. The molecule has 1 aromatic heterocycles. The first-order chi connectivity index (χ1) is 15.3. The van der Waals surface area contributed by atoms with Crippen molar-refractivity contribution in [3.8, 4) is 22.4 Å². The zero-order chi connectivity index (χ0) is 22.9. The van der Waals surface area contributed by atoms with Crippen LogP contribution in [-0.2, 0) is 20.4 Å². The molecule has 1 fully saturated rings. The van der Waals surface area contributed by atoms with Gasteiger partial charge in [0.25, 0.3) is 0 Å². The van der Waals surface area contributed by atoms with E-state index in [1.165, 1.54) is 19.2 Å². The molecular formula is C22H18F4N2O3S. The number of morpholine rings is 1. The summed E-state index contributed by atoms with van der Waals surface area (Å²) in [7, 11) is 1.23. The quantitative estimate of drug-likeness (QED) is 0.400. The third kappa shape index (κ3) is 4.61. The van der Waals surface area contributed by atoms with Crippen LogP contribution in [-0.4, -0.2) is 43.9 Å². The van der Waals surface area contributed by atoms with E-state index >= 15 is 0 Å². The highest BCUT2D eigenvalue weighted by atomic mass is 32.1. The van der Waals surface area contributed by atoms with Crippen molar-refractivity contribution in [2.75, 3.05) is 31.7 Å². The zero-order valence-corrected chi connectivity index (χ0v) is 17.7. The number of benzene rings is 2. The molecule has 1 atom stereocenters. The molecule has 1 aliphatic heterocycles. The van der Waals surface area contributed by atoms with E-state index in [-0.39, 0.29) is 29.8 Å². The molecule has 10 heteroatoms. The number of hydrogen-bond acceptors (Lipinski definition) is 6. The first-order valence-electron chi connectivity index (χ1n) is 9.65. The lowest BCUT2D eigenvalue weighted by Crippen LogP contribution is -2.46. The summed E-state index contributed by atoms with van der Waals surface area (Å²) >= 11 is 0.532. The number of carbonyl (C=O) groups excluding carboxylic acids is 1. The monoisotopic (exact) mass is 466 g/mol. The van der Waals surface area contributed by atoms with Crippen LogP contribution in [0.25, 0.3) is 22.4 Å². The molecule has 1 aliphatic rings. The van der Waals surface area contributed by atoms with Gasteiger partial charge in [-0.3, -0.25) is 0 Å². The van der Waals surface area contributed by atoms with Gasteiger partial charge in [0.1, 0.15) is 10.7 Å². The van der Waals surface area contributed by atoms with Crippen molar-refractivity contribution in [2.45, 2.75) is 12.3 Å². The summed E-state index contributed by atoms with van der Waals surface area (Å²) in [6, 6.07) is 12.3. The molecule has 32 heavy (non-hydrogen) atoms. The SMILES string of the molecule is COC(=O)C1CN(c2nc(-c3ccc(-c4ccc(F)cc4)cc3)c(C(F)(F)F)s2)CCO1. The first-order valence-corrected chi connectivity index (χ1v) is 10.5. The fraction of sp³-hybridized carbons (Fsp3) is 0.273. The Morgan fingerprint density at radius 1 is 1.09 bits per heavy atom. The van der Waals surface area contributed by atoms with Gasteiger partial charge in [0.2, 0.25) is 0 Å². The summed E-state index contributed by atoms with van der Waals surface area (Å²) in [6.07, 6.45) is -5.47. The first kappa shape index (κ1) is 22.2. The molecule has 0 N–H and O–H groups in total. The highest BCUT2D eigenvalue weighted by molar-refractivity contribution is 7.16. The van der Waals surface area contributed by atoms with Crippen molar-refractivity contribution in [2.24, 2.45) is 0 Å². The van der Waals surface area contributed by atoms with Gasteiger partial charge in [-0.2, -0.15) is 13.2 Å². The lowest BCUT2D eigenvalue weighted by atomic mass is 10.0. The van der Waals surface area contributed by atoms with Gasteiger partial charge in [0.15, 0.2) is 11.2 Å². The van der Waals surface area contributed by atoms with Crippen LogP contribution < -0.4 is 4.90 Å². The minimum Gasteiger partial charge on any atom is -0.467 e. The summed E-state index contributed by atoms with van der Waals surface area (Å²) in [5, 5.41) is 0.159. The van der Waals surface area contributed by atoms with E-state index in [1.54, 1.807) is 41.3 Å². The molecular weight excluding hydrogens is 448 g/mol. The van der Waals surface area contributed by atoms with Crippen LogP contribution >= 0.6 is 11.3 Å². The Labute approximate surface area is 185 Å². The minimum absolute atomic E-state index is 0.0560. The molecule has 0 saturated carbocycles. The second kappa shape index (κ2) is 8.87. The lowest BCUT2D eigenvalue weighted by Gasteiger charge is -2.31. The van der Waals surface area contributed by atoms with Gasteiger partial charge in [-0.15, -0.1) is 0 Å². The average molecular weight is 466 g/mol. The number of thiazole rings is 1. The van der Waals surface area contributed by atoms with E-state index < -0.39 is 23.1 Å². The second-order valence-electron chi connectivity index (χ2n) is 7.08. The van der Waals surface area contributed by atoms with E-state index in [4.69, 9.17) is 4.74 Å². The molecule has 5 nitrogen and oxygen atoms in total. The number of esters is 1. The normalized spacial score (nSPS) is 16.8. The fourth-order valence-electron chi connectivity index (χ4n) is 3.39. The van der Waals surface area contributed by atoms with Crippen LogP contribution in [0.4, 0.5) is 22.7 Å². The number of aromatic nitrogens is 1. The number of rotatable bonds is 4. The smallest absolute Gasteiger partial charge is 0.427 e. The number of carbonyl (C=O) groups is 1. The molecule has 0 aliphatic carbocycles. The molecule has 0 spiro atoms. The summed E-state index contributed by atoms with van der Waals surface area (Å²) in [4.78, 5) is 16.8. The van der Waals surface area contributed by atoms with Crippen molar-refractivity contribution in [1.82, 2.24) is 4.98 Å². The van der Waals surface area contributed by atoms with Crippen molar-refractivity contribution in [3.63, 3.8) is 0 Å². The van der Waals surface area contributed by atoms with Crippen LogP contribution in [0.1, 0.15) is 4.88 Å². The maximum Gasteiger partial charge on any atom is 0.427 e. The molecule has 2 heterocycles. The highest BCUT2D eigenvalue weighted by Gasteiger charge is 2.39. The minimum atomic E-state index is -4.59. The summed E-state index contributed by atoms with van der Waals surface area (Å²) < 4.78 is 64.5. The Morgan fingerprint density at radius 2 is 1.69 bits per heavy atom. The Hall–Kier alpha value is -2.98. The maximum absolute atomic E-state index is 13.8. The number of alkyl halides is 3. The van der Waals surface area contributed by atoms with Crippen molar-refractivity contribution in [3.05, 3.63) is 59.2 Å². The number of methoxy groups -OCH3 is 1. The topological polar surface area (TPSA) is 51.7 Å². The predicted octanol–water partition coefficient (Wildman–Crippen LogP) is 5.01. The van der Waals surface area contributed by atoms with Gasteiger partial charge in [-0.25, -0.2) is 14.2 Å². The molecule has 4 rings (SSSR count). The molecule has 0 radical (unpaired) electrons. The Bertz CT molecular complexity index is 1100. The van der Waals surface area contributed by atoms with E-state index in [1.807, 2.05) is 0 Å².